The van der Waals surface area contributed by atoms with Gasteiger partial charge in [0.1, 0.15) is 18.2 Å². The smallest absolute Gasteiger partial charge is 0.102 e. The van der Waals surface area contributed by atoms with E-state index in [1.54, 1.807) is 0 Å². The molecule has 1 aromatic carbocycles. The summed E-state index contributed by atoms with van der Waals surface area (Å²) in [6.07, 6.45) is 0. The van der Waals surface area contributed by atoms with Crippen LogP contribution in [0, 0.1) is 45.3 Å². The van der Waals surface area contributed by atoms with Crippen LogP contribution < -0.4 is 0 Å². The molecule has 1 aromatic rings. The molecule has 0 unspecified atom stereocenters. The molecule has 1 rings (SSSR count). The maximum Gasteiger partial charge on any atom is 0.102 e. The fraction of sp³-hybridized carbons (Fsp3) is 0.286. The summed E-state index contributed by atoms with van der Waals surface area (Å²) >= 11 is 0. The molecule has 0 saturated heterocycles. The Labute approximate surface area is 106 Å². The second-order valence-electron chi connectivity index (χ2n) is 4.79. The summed E-state index contributed by atoms with van der Waals surface area (Å²) in [6, 6.07) is 9.04. The Morgan fingerprint density at radius 1 is 0.778 bits per heavy atom. The first-order chi connectivity index (χ1) is 8.40. The summed E-state index contributed by atoms with van der Waals surface area (Å²) in [5.74, 6) is 0. The van der Waals surface area contributed by atoms with Crippen LogP contribution in [0.3, 0.4) is 0 Å². The third-order valence-corrected chi connectivity index (χ3v) is 2.54. The summed E-state index contributed by atoms with van der Waals surface area (Å²) in [6.45, 7) is 5.58. The van der Waals surface area contributed by atoms with Crippen molar-refractivity contribution >= 4 is 0 Å². The van der Waals surface area contributed by atoms with Crippen LogP contribution in [0.1, 0.15) is 48.6 Å². The lowest BCUT2D eigenvalue weighted by atomic mass is 9.78. The number of hydrogen-bond acceptors (Lipinski definition) is 4. The molecule has 0 fully saturated rings. The molecule has 0 saturated carbocycles. The van der Waals surface area contributed by atoms with E-state index in [0.717, 1.165) is 0 Å². The molecule has 0 bridgehead atoms. The van der Waals surface area contributed by atoms with Crippen LogP contribution in [0.25, 0.3) is 0 Å². The highest BCUT2D eigenvalue weighted by Crippen LogP contribution is 2.32. The number of hydrogen-bond donors (Lipinski definition) is 0. The van der Waals surface area contributed by atoms with E-state index in [2.05, 4.69) is 0 Å². The Balaban J connectivity index is 3.97. The van der Waals surface area contributed by atoms with Crippen molar-refractivity contribution in [3.63, 3.8) is 0 Å². The lowest BCUT2D eigenvalue weighted by Gasteiger charge is -2.22. The standard InChI is InChI=1S/C14H10N4/c1-14(2,3)13-10(6-16)4-9(5-15)11(7-17)12(13)8-18/h4H,1-3H3. The topological polar surface area (TPSA) is 95.2 Å². The summed E-state index contributed by atoms with van der Waals surface area (Å²) in [5.41, 5.74) is 0.580. The van der Waals surface area contributed by atoms with Gasteiger partial charge in [0.05, 0.1) is 28.3 Å². The van der Waals surface area contributed by atoms with Gasteiger partial charge in [0.25, 0.3) is 0 Å². The van der Waals surface area contributed by atoms with Gasteiger partial charge < -0.3 is 0 Å². The summed E-state index contributed by atoms with van der Waals surface area (Å²) < 4.78 is 0. The monoisotopic (exact) mass is 234 g/mol. The number of benzene rings is 1. The van der Waals surface area contributed by atoms with Gasteiger partial charge in [-0.2, -0.15) is 21.0 Å². The van der Waals surface area contributed by atoms with E-state index in [0.29, 0.717) is 5.56 Å². The van der Waals surface area contributed by atoms with Crippen LogP contribution in [0.4, 0.5) is 0 Å². The van der Waals surface area contributed by atoms with E-state index in [1.807, 2.05) is 45.0 Å². The number of nitriles is 4. The van der Waals surface area contributed by atoms with Crippen molar-refractivity contribution in [1.82, 2.24) is 0 Å². The highest BCUT2D eigenvalue weighted by atomic mass is 14.4. The van der Waals surface area contributed by atoms with Crippen molar-refractivity contribution in [1.29, 1.82) is 21.0 Å². The minimum atomic E-state index is -0.449. The number of rotatable bonds is 0. The maximum absolute atomic E-state index is 9.21. The molecule has 0 aliphatic rings. The van der Waals surface area contributed by atoms with E-state index in [-0.39, 0.29) is 22.3 Å². The SMILES string of the molecule is CC(C)(C)c1c(C#N)cc(C#N)c(C#N)c1C#N. The van der Waals surface area contributed by atoms with Gasteiger partial charge in [0.15, 0.2) is 0 Å². The van der Waals surface area contributed by atoms with E-state index in [9.17, 15) is 5.26 Å². The van der Waals surface area contributed by atoms with Gasteiger partial charge in [-0.25, -0.2) is 0 Å². The molecular formula is C14H10N4. The van der Waals surface area contributed by atoms with Crippen LogP contribution in [0.2, 0.25) is 0 Å². The van der Waals surface area contributed by atoms with Gasteiger partial charge in [-0.05, 0) is 17.0 Å². The van der Waals surface area contributed by atoms with Crippen LogP contribution in [0.5, 0.6) is 0 Å². The van der Waals surface area contributed by atoms with E-state index in [1.165, 1.54) is 6.07 Å². The van der Waals surface area contributed by atoms with Crippen LogP contribution in [-0.2, 0) is 5.41 Å². The zero-order chi connectivity index (χ0) is 13.9. The van der Waals surface area contributed by atoms with Crippen LogP contribution in [0.15, 0.2) is 6.07 Å². The van der Waals surface area contributed by atoms with Crippen molar-refractivity contribution in [2.75, 3.05) is 0 Å². The molecule has 4 heteroatoms. The summed E-state index contributed by atoms with van der Waals surface area (Å²) in [5, 5.41) is 36.4. The predicted molar refractivity (Wildman–Crippen MR) is 64.0 cm³/mol. The summed E-state index contributed by atoms with van der Waals surface area (Å²) in [4.78, 5) is 0. The third-order valence-electron chi connectivity index (χ3n) is 2.54. The van der Waals surface area contributed by atoms with Crippen molar-refractivity contribution in [2.45, 2.75) is 26.2 Å². The second-order valence-corrected chi connectivity index (χ2v) is 4.79. The van der Waals surface area contributed by atoms with Gasteiger partial charge >= 0.3 is 0 Å². The molecule has 86 valence electrons. The fourth-order valence-electron chi connectivity index (χ4n) is 1.87. The first-order valence-electron chi connectivity index (χ1n) is 5.22. The van der Waals surface area contributed by atoms with Gasteiger partial charge in [-0.3, -0.25) is 0 Å². The summed E-state index contributed by atoms with van der Waals surface area (Å²) in [7, 11) is 0. The Hall–Kier alpha value is -2.82. The van der Waals surface area contributed by atoms with Crippen LogP contribution in [-0.4, -0.2) is 0 Å². The fourth-order valence-corrected chi connectivity index (χ4v) is 1.87. The molecular weight excluding hydrogens is 224 g/mol. The molecule has 0 heterocycles. The average molecular weight is 234 g/mol. The molecule has 0 amide bonds. The molecule has 0 radical (unpaired) electrons. The first-order valence-corrected chi connectivity index (χ1v) is 5.22. The van der Waals surface area contributed by atoms with Gasteiger partial charge in [-0.15, -0.1) is 0 Å². The van der Waals surface area contributed by atoms with E-state index >= 15 is 0 Å². The van der Waals surface area contributed by atoms with Crippen molar-refractivity contribution in [3.05, 3.63) is 33.9 Å². The Kier molecular flexibility index (Phi) is 3.37. The van der Waals surface area contributed by atoms with Gasteiger partial charge in [0.2, 0.25) is 0 Å². The largest absolute Gasteiger partial charge is 0.192 e. The van der Waals surface area contributed by atoms with E-state index in [4.69, 9.17) is 15.8 Å². The number of nitrogens with zero attached hydrogens (tertiary/aromatic N) is 4. The lowest BCUT2D eigenvalue weighted by Crippen LogP contribution is -2.17. The van der Waals surface area contributed by atoms with Crippen LogP contribution >= 0.6 is 0 Å². The zero-order valence-corrected chi connectivity index (χ0v) is 10.4. The molecule has 0 spiro atoms. The highest BCUT2D eigenvalue weighted by Gasteiger charge is 2.26. The van der Waals surface area contributed by atoms with E-state index < -0.39 is 5.41 Å². The highest BCUT2D eigenvalue weighted by molar-refractivity contribution is 5.64. The second kappa shape index (κ2) is 4.58. The van der Waals surface area contributed by atoms with Crippen molar-refractivity contribution in [2.24, 2.45) is 0 Å². The molecule has 0 N–H and O–H groups in total. The third kappa shape index (κ3) is 2.01. The quantitative estimate of drug-likeness (QED) is 0.688. The molecule has 0 aliphatic carbocycles. The van der Waals surface area contributed by atoms with Gasteiger partial charge in [0, 0.05) is 0 Å². The van der Waals surface area contributed by atoms with Gasteiger partial charge in [-0.1, -0.05) is 20.8 Å². The molecule has 4 nitrogen and oxygen atoms in total. The predicted octanol–water partition coefficient (Wildman–Crippen LogP) is 2.47. The molecule has 0 aliphatic heterocycles. The molecule has 18 heavy (non-hydrogen) atoms. The normalized spacial score (nSPS) is 9.72. The molecule has 0 atom stereocenters. The minimum absolute atomic E-state index is 0.0453. The Bertz CT molecular complexity index is 665. The molecule has 0 aromatic heterocycles. The maximum atomic E-state index is 9.21. The zero-order valence-electron chi connectivity index (χ0n) is 10.4. The average Bonchev–Trinajstić information content (AvgIpc) is 2.34. The first kappa shape index (κ1) is 13.2. The Morgan fingerprint density at radius 3 is 1.61 bits per heavy atom. The Morgan fingerprint density at radius 2 is 1.28 bits per heavy atom. The van der Waals surface area contributed by atoms with Crippen molar-refractivity contribution in [3.8, 4) is 24.3 Å². The minimum Gasteiger partial charge on any atom is -0.192 e. The lowest BCUT2D eigenvalue weighted by molar-refractivity contribution is 0.586. The van der Waals surface area contributed by atoms with Crippen molar-refractivity contribution < 1.29 is 0 Å².